The van der Waals surface area contributed by atoms with Crippen LogP contribution in [0.5, 0.6) is 5.75 Å². The summed E-state index contributed by atoms with van der Waals surface area (Å²) >= 11 is 1.63. The number of phenolic OH excluding ortho intramolecular Hbond substituents is 1. The van der Waals surface area contributed by atoms with Crippen LogP contribution in [0.1, 0.15) is 25.3 Å². The van der Waals surface area contributed by atoms with E-state index in [2.05, 4.69) is 36.5 Å². The number of thioether (sulfide) groups is 1. The van der Waals surface area contributed by atoms with E-state index in [-0.39, 0.29) is 11.9 Å². The van der Waals surface area contributed by atoms with Gasteiger partial charge in [0.05, 0.1) is 36.9 Å². The zero-order valence-electron chi connectivity index (χ0n) is 21.6. The van der Waals surface area contributed by atoms with Gasteiger partial charge in [-0.2, -0.15) is 0 Å². The molecule has 1 aliphatic heterocycles. The number of hydrogen-bond donors (Lipinski definition) is 2. The molecule has 0 radical (unpaired) electrons. The van der Waals surface area contributed by atoms with Crippen LogP contribution in [0.3, 0.4) is 0 Å². The standard InChI is InChI=1S/C28H37NO5S.C2H2/c1-3-21-35-28(23-7-9-24(31)10-8-23)27(6-4-5-22(2)30)34-26-13-11-25(12-14-26)33-20-17-29-15-18-32-19-16-29;1-2/h3-5,7-11,13-14,22,25,30-31H,1,6,12,15-21H2,2H3;1-2H/b5-4-,28-27+;/t22-,25-;/m1./s1. The van der Waals surface area contributed by atoms with Gasteiger partial charge in [-0.3, -0.25) is 4.90 Å². The Morgan fingerprint density at radius 3 is 2.62 bits per heavy atom. The Morgan fingerprint density at radius 1 is 1.27 bits per heavy atom. The summed E-state index contributed by atoms with van der Waals surface area (Å²) in [5.74, 6) is 2.49. The minimum Gasteiger partial charge on any atom is -0.508 e. The van der Waals surface area contributed by atoms with E-state index in [0.29, 0.717) is 13.0 Å². The van der Waals surface area contributed by atoms with Crippen LogP contribution < -0.4 is 0 Å². The highest BCUT2D eigenvalue weighted by Crippen LogP contribution is 2.35. The van der Waals surface area contributed by atoms with Crippen molar-refractivity contribution in [2.24, 2.45) is 0 Å². The quantitative estimate of drug-likeness (QED) is 0.210. The van der Waals surface area contributed by atoms with Gasteiger partial charge >= 0.3 is 0 Å². The van der Waals surface area contributed by atoms with E-state index in [9.17, 15) is 10.2 Å². The van der Waals surface area contributed by atoms with Crippen molar-refractivity contribution in [1.29, 1.82) is 0 Å². The zero-order valence-corrected chi connectivity index (χ0v) is 22.4. The van der Waals surface area contributed by atoms with Gasteiger partial charge in [-0.05, 0) is 43.2 Å². The van der Waals surface area contributed by atoms with Crippen LogP contribution in [0.25, 0.3) is 4.91 Å². The van der Waals surface area contributed by atoms with Crippen molar-refractivity contribution in [3.8, 4) is 18.6 Å². The Balaban J connectivity index is 0.00000235. The molecular weight excluding hydrogens is 486 g/mol. The van der Waals surface area contributed by atoms with Gasteiger partial charge in [0.15, 0.2) is 0 Å². The number of aromatic hydroxyl groups is 1. The normalized spacial score (nSPS) is 19.4. The lowest BCUT2D eigenvalue weighted by molar-refractivity contribution is 0.0114. The Hall–Kier alpha value is -2.73. The van der Waals surface area contributed by atoms with Crippen molar-refractivity contribution in [3.63, 3.8) is 0 Å². The molecule has 6 nitrogen and oxygen atoms in total. The molecule has 0 spiro atoms. The number of allylic oxidation sites excluding steroid dienone is 2. The third-order valence-electron chi connectivity index (χ3n) is 5.56. The lowest BCUT2D eigenvalue weighted by Gasteiger charge is -2.27. The van der Waals surface area contributed by atoms with Gasteiger partial charge in [0.25, 0.3) is 0 Å². The molecule has 0 amide bonds. The van der Waals surface area contributed by atoms with Crippen molar-refractivity contribution in [3.05, 3.63) is 84.4 Å². The lowest BCUT2D eigenvalue weighted by atomic mass is 10.1. The van der Waals surface area contributed by atoms with Crippen LogP contribution in [0.4, 0.5) is 0 Å². The molecule has 2 aliphatic rings. The zero-order chi connectivity index (χ0) is 26.9. The Labute approximate surface area is 226 Å². The molecular formula is C30H39NO5S. The summed E-state index contributed by atoms with van der Waals surface area (Å²) in [5.41, 5.74) is 0.958. The van der Waals surface area contributed by atoms with Gasteiger partial charge in [-0.25, -0.2) is 0 Å². The van der Waals surface area contributed by atoms with E-state index >= 15 is 0 Å². The molecule has 1 aromatic carbocycles. The van der Waals surface area contributed by atoms with E-state index in [4.69, 9.17) is 14.2 Å². The number of hydrogen-bond acceptors (Lipinski definition) is 7. The third kappa shape index (κ3) is 11.5. The second kappa shape index (κ2) is 17.7. The number of rotatable bonds is 13. The summed E-state index contributed by atoms with van der Waals surface area (Å²) in [5, 5.41) is 19.4. The van der Waals surface area contributed by atoms with E-state index in [1.54, 1.807) is 36.9 Å². The smallest absolute Gasteiger partial charge is 0.122 e. The van der Waals surface area contributed by atoms with Crippen LogP contribution in [-0.4, -0.2) is 72.5 Å². The monoisotopic (exact) mass is 525 g/mol. The number of benzene rings is 1. The molecule has 1 aromatic rings. The van der Waals surface area contributed by atoms with Gasteiger partial charge in [0.1, 0.15) is 17.3 Å². The summed E-state index contributed by atoms with van der Waals surface area (Å²) in [6.07, 6.45) is 20.4. The summed E-state index contributed by atoms with van der Waals surface area (Å²) in [6, 6.07) is 7.11. The summed E-state index contributed by atoms with van der Waals surface area (Å²) in [4.78, 5) is 3.34. The fourth-order valence-electron chi connectivity index (χ4n) is 3.71. The molecule has 1 saturated heterocycles. The maximum Gasteiger partial charge on any atom is 0.122 e. The van der Waals surface area contributed by atoms with Crippen LogP contribution >= 0.6 is 11.8 Å². The maximum absolute atomic E-state index is 9.73. The van der Waals surface area contributed by atoms with Gasteiger partial charge in [0.2, 0.25) is 0 Å². The van der Waals surface area contributed by atoms with Crippen molar-refractivity contribution < 1.29 is 24.4 Å². The molecule has 0 bridgehead atoms. The molecule has 1 fully saturated rings. The Kier molecular flexibility index (Phi) is 14.6. The first-order valence-electron chi connectivity index (χ1n) is 12.5. The van der Waals surface area contributed by atoms with E-state index in [1.807, 2.05) is 30.4 Å². The van der Waals surface area contributed by atoms with Crippen LogP contribution in [0, 0.1) is 12.8 Å². The average molecular weight is 526 g/mol. The molecule has 0 aromatic heterocycles. The highest BCUT2D eigenvalue weighted by molar-refractivity contribution is 8.08. The molecule has 7 heteroatoms. The molecule has 1 aliphatic carbocycles. The fourth-order valence-corrected chi connectivity index (χ4v) is 4.59. The minimum atomic E-state index is -0.529. The predicted molar refractivity (Wildman–Crippen MR) is 153 cm³/mol. The predicted octanol–water partition coefficient (Wildman–Crippen LogP) is 5.13. The van der Waals surface area contributed by atoms with E-state index in [1.165, 1.54) is 0 Å². The number of aliphatic hydroxyl groups excluding tert-OH is 1. The summed E-state index contributed by atoms with van der Waals surface area (Å²) in [6.45, 7) is 10.7. The topological polar surface area (TPSA) is 71.4 Å². The van der Waals surface area contributed by atoms with Crippen molar-refractivity contribution in [2.45, 2.75) is 32.0 Å². The first-order valence-corrected chi connectivity index (χ1v) is 13.5. The molecule has 1 heterocycles. The van der Waals surface area contributed by atoms with Gasteiger partial charge in [-0.1, -0.05) is 36.4 Å². The van der Waals surface area contributed by atoms with Crippen LogP contribution in [0.15, 0.2) is 78.8 Å². The number of nitrogens with zero attached hydrogens (tertiary/aromatic N) is 1. The SMILES string of the molecule is C#C.C=CCS/C(=C(\C/C=C\[C@@H](C)O)OC1=CC[C@H](OCCN2CCOCC2)C=C1)c1ccc(O)cc1. The van der Waals surface area contributed by atoms with Crippen molar-refractivity contribution in [2.75, 3.05) is 45.2 Å². The molecule has 3 rings (SSSR count). The van der Waals surface area contributed by atoms with E-state index < -0.39 is 6.10 Å². The number of phenols is 1. The Morgan fingerprint density at radius 2 is 2.00 bits per heavy atom. The second-order valence-electron chi connectivity index (χ2n) is 8.44. The molecule has 0 unspecified atom stereocenters. The lowest BCUT2D eigenvalue weighted by Crippen LogP contribution is -2.38. The average Bonchev–Trinajstić information content (AvgIpc) is 2.92. The molecule has 2 N–H and O–H groups in total. The van der Waals surface area contributed by atoms with Crippen LogP contribution in [0.2, 0.25) is 0 Å². The number of terminal acetylenes is 1. The van der Waals surface area contributed by atoms with E-state index in [0.717, 1.165) is 67.0 Å². The maximum atomic E-state index is 9.73. The second-order valence-corrected chi connectivity index (χ2v) is 9.47. The first kappa shape index (κ1) is 30.5. The number of aliphatic hydroxyl groups is 1. The summed E-state index contributed by atoms with van der Waals surface area (Å²) < 4.78 is 17.8. The van der Waals surface area contributed by atoms with Gasteiger partial charge in [-0.15, -0.1) is 31.2 Å². The van der Waals surface area contributed by atoms with Gasteiger partial charge in [0, 0.05) is 31.8 Å². The van der Waals surface area contributed by atoms with Gasteiger partial charge < -0.3 is 24.4 Å². The molecule has 200 valence electrons. The first-order chi connectivity index (χ1) is 18.0. The largest absolute Gasteiger partial charge is 0.508 e. The molecule has 0 saturated carbocycles. The highest BCUT2D eigenvalue weighted by Gasteiger charge is 2.16. The Bertz CT molecular complexity index is 956. The van der Waals surface area contributed by atoms with Crippen molar-refractivity contribution in [1.82, 2.24) is 4.90 Å². The third-order valence-corrected chi connectivity index (χ3v) is 6.71. The highest BCUT2D eigenvalue weighted by atomic mass is 32.2. The minimum absolute atomic E-state index is 0.0395. The number of morpholine rings is 1. The molecule has 37 heavy (non-hydrogen) atoms. The fraction of sp³-hybridized carbons (Fsp3) is 0.400. The van der Waals surface area contributed by atoms with Crippen LogP contribution in [-0.2, 0) is 14.2 Å². The number of ether oxygens (including phenoxy) is 3. The summed E-state index contributed by atoms with van der Waals surface area (Å²) in [7, 11) is 0. The molecule has 2 atom stereocenters. The van der Waals surface area contributed by atoms with Crippen molar-refractivity contribution >= 4 is 16.7 Å².